The third-order valence-corrected chi connectivity index (χ3v) is 5.20. The Balaban J connectivity index is 1.92. The van der Waals surface area contributed by atoms with Crippen LogP contribution in [0.3, 0.4) is 0 Å². The Bertz CT molecular complexity index is 708. The van der Waals surface area contributed by atoms with E-state index in [1.54, 1.807) is 34.8 Å². The van der Waals surface area contributed by atoms with Crippen LogP contribution in [0.4, 0.5) is 4.39 Å². The van der Waals surface area contributed by atoms with Crippen molar-refractivity contribution in [3.8, 4) is 9.88 Å². The van der Waals surface area contributed by atoms with Gasteiger partial charge in [-0.25, -0.2) is 4.39 Å². The number of fused-ring (bicyclic) bond motifs is 1. The zero-order valence-corrected chi connectivity index (χ0v) is 12.3. The molecule has 19 heavy (non-hydrogen) atoms. The summed E-state index contributed by atoms with van der Waals surface area (Å²) >= 11 is 8.79. The zero-order chi connectivity index (χ0) is 13.2. The average Bonchev–Trinajstić information content (AvgIpc) is 3.01. The van der Waals surface area contributed by atoms with Crippen LogP contribution in [0.5, 0.6) is 0 Å². The van der Waals surface area contributed by atoms with Crippen molar-refractivity contribution in [1.82, 2.24) is 10.2 Å². The van der Waals surface area contributed by atoms with Gasteiger partial charge in [-0.15, -0.1) is 33.1 Å². The lowest BCUT2D eigenvalue weighted by Crippen LogP contribution is -1.84. The molecule has 2 nitrogen and oxygen atoms in total. The molecule has 0 N–H and O–H groups in total. The second kappa shape index (κ2) is 5.53. The van der Waals surface area contributed by atoms with Crippen molar-refractivity contribution in [2.45, 2.75) is 12.8 Å². The maximum atomic E-state index is 13.2. The molecule has 3 rings (SSSR count). The van der Waals surface area contributed by atoms with Crippen molar-refractivity contribution < 1.29 is 4.39 Å². The number of thiophene rings is 1. The number of alkyl halides is 1. The Hall–Kier alpha value is -1.04. The van der Waals surface area contributed by atoms with E-state index in [4.69, 9.17) is 11.6 Å². The van der Waals surface area contributed by atoms with Crippen molar-refractivity contribution in [3.05, 3.63) is 35.1 Å². The number of hydrogen-bond acceptors (Lipinski definition) is 4. The van der Waals surface area contributed by atoms with E-state index in [0.717, 1.165) is 37.8 Å². The summed E-state index contributed by atoms with van der Waals surface area (Å²) in [7, 11) is 0. The lowest BCUT2D eigenvalue weighted by Gasteiger charge is -1.88. The first-order chi connectivity index (χ1) is 9.26. The van der Waals surface area contributed by atoms with E-state index < -0.39 is 0 Å². The van der Waals surface area contributed by atoms with Gasteiger partial charge in [0.15, 0.2) is 5.01 Å². The van der Waals surface area contributed by atoms with Crippen molar-refractivity contribution >= 4 is 44.4 Å². The van der Waals surface area contributed by atoms with Gasteiger partial charge in [-0.1, -0.05) is 17.4 Å². The van der Waals surface area contributed by atoms with E-state index in [1.165, 1.54) is 6.07 Å². The van der Waals surface area contributed by atoms with Crippen LogP contribution in [0.1, 0.15) is 11.4 Å². The van der Waals surface area contributed by atoms with Crippen LogP contribution in [0, 0.1) is 5.82 Å². The quantitative estimate of drug-likeness (QED) is 0.651. The Kier molecular flexibility index (Phi) is 3.77. The maximum absolute atomic E-state index is 13.2. The number of aryl methyl sites for hydroxylation is 1. The molecular formula is C13H10ClFN2S2. The molecule has 0 saturated carbocycles. The topological polar surface area (TPSA) is 25.8 Å². The molecule has 0 amide bonds. The van der Waals surface area contributed by atoms with Gasteiger partial charge in [0.05, 0.1) is 4.88 Å². The van der Waals surface area contributed by atoms with Crippen molar-refractivity contribution in [2.75, 3.05) is 5.88 Å². The van der Waals surface area contributed by atoms with Crippen molar-refractivity contribution in [2.24, 2.45) is 0 Å². The molecule has 2 aromatic heterocycles. The van der Waals surface area contributed by atoms with Crippen LogP contribution in [-0.2, 0) is 6.42 Å². The number of aromatic nitrogens is 2. The third kappa shape index (κ3) is 2.78. The molecule has 0 bridgehead atoms. The smallest absolute Gasteiger partial charge is 0.157 e. The van der Waals surface area contributed by atoms with E-state index in [-0.39, 0.29) is 5.82 Å². The summed E-state index contributed by atoms with van der Waals surface area (Å²) in [5.41, 5.74) is 0. The largest absolute Gasteiger partial charge is 0.207 e. The van der Waals surface area contributed by atoms with Crippen LogP contribution in [0.2, 0.25) is 0 Å². The van der Waals surface area contributed by atoms with Gasteiger partial charge in [-0.05, 0) is 30.0 Å². The highest BCUT2D eigenvalue weighted by atomic mass is 35.5. The lowest BCUT2D eigenvalue weighted by atomic mass is 10.2. The average molecular weight is 313 g/mol. The normalized spacial score (nSPS) is 11.3. The summed E-state index contributed by atoms with van der Waals surface area (Å²) in [6.07, 6.45) is 1.77. The zero-order valence-electron chi connectivity index (χ0n) is 9.90. The van der Waals surface area contributed by atoms with Crippen LogP contribution < -0.4 is 0 Å². The number of halogens is 2. The summed E-state index contributed by atoms with van der Waals surface area (Å²) in [6.45, 7) is 0. The molecule has 1 aromatic carbocycles. The summed E-state index contributed by atoms with van der Waals surface area (Å²) in [5.74, 6) is 0.429. The molecule has 0 atom stereocenters. The third-order valence-electron chi connectivity index (χ3n) is 2.68. The fraction of sp³-hybridized carbons (Fsp3) is 0.231. The van der Waals surface area contributed by atoms with Crippen molar-refractivity contribution in [3.63, 3.8) is 0 Å². The molecular weight excluding hydrogens is 303 g/mol. The molecule has 2 heterocycles. The first kappa shape index (κ1) is 13.0. The fourth-order valence-electron chi connectivity index (χ4n) is 1.78. The molecule has 3 aromatic rings. The van der Waals surface area contributed by atoms with Crippen LogP contribution in [0.15, 0.2) is 24.3 Å². The van der Waals surface area contributed by atoms with Gasteiger partial charge in [0.25, 0.3) is 0 Å². The molecule has 0 radical (unpaired) electrons. The predicted octanol–water partition coefficient (Wildman–Crippen LogP) is 4.73. The maximum Gasteiger partial charge on any atom is 0.157 e. The first-order valence-electron chi connectivity index (χ1n) is 5.84. The number of hydrogen-bond donors (Lipinski definition) is 0. The van der Waals surface area contributed by atoms with Gasteiger partial charge < -0.3 is 0 Å². The minimum atomic E-state index is -0.207. The summed E-state index contributed by atoms with van der Waals surface area (Å²) in [4.78, 5) is 1.04. The molecule has 0 aliphatic carbocycles. The minimum Gasteiger partial charge on any atom is -0.207 e. The second-order valence-corrected chi connectivity index (χ2v) is 6.61. The van der Waals surface area contributed by atoms with E-state index in [1.807, 2.05) is 6.07 Å². The van der Waals surface area contributed by atoms with Crippen LogP contribution in [0.25, 0.3) is 20.0 Å². The summed E-state index contributed by atoms with van der Waals surface area (Å²) < 4.78 is 14.1. The standard InChI is InChI=1S/C13H10ClFN2S2/c14-5-1-2-12-16-17-13(19-12)11-6-8-3-4-9(15)7-10(8)18-11/h3-4,6-7H,1-2,5H2. The predicted molar refractivity (Wildman–Crippen MR) is 79.7 cm³/mol. The highest BCUT2D eigenvalue weighted by Gasteiger charge is 2.10. The first-order valence-corrected chi connectivity index (χ1v) is 8.01. The van der Waals surface area contributed by atoms with Crippen LogP contribution in [-0.4, -0.2) is 16.1 Å². The molecule has 6 heteroatoms. The molecule has 0 unspecified atom stereocenters. The molecule has 0 aliphatic heterocycles. The Labute approximate surface area is 122 Å². The van der Waals surface area contributed by atoms with E-state index in [9.17, 15) is 4.39 Å². The molecule has 0 fully saturated rings. The molecule has 0 aliphatic rings. The van der Waals surface area contributed by atoms with Gasteiger partial charge >= 0.3 is 0 Å². The Morgan fingerprint density at radius 1 is 1.16 bits per heavy atom. The highest BCUT2D eigenvalue weighted by Crippen LogP contribution is 2.35. The second-order valence-electron chi connectivity index (χ2n) is 4.09. The number of benzene rings is 1. The van der Waals surface area contributed by atoms with E-state index >= 15 is 0 Å². The fourth-order valence-corrected chi connectivity index (χ4v) is 3.93. The SMILES string of the molecule is Fc1ccc2cc(-c3nnc(CCCCl)s3)sc2c1. The molecule has 0 spiro atoms. The Morgan fingerprint density at radius 3 is 2.89 bits per heavy atom. The van der Waals surface area contributed by atoms with Gasteiger partial charge in [-0.3, -0.25) is 0 Å². The van der Waals surface area contributed by atoms with Gasteiger partial charge in [0.1, 0.15) is 10.8 Å². The number of nitrogens with zero attached hydrogens (tertiary/aromatic N) is 2. The number of rotatable bonds is 4. The van der Waals surface area contributed by atoms with Crippen molar-refractivity contribution in [1.29, 1.82) is 0 Å². The summed E-state index contributed by atoms with van der Waals surface area (Å²) in [5, 5.41) is 11.3. The van der Waals surface area contributed by atoms with Gasteiger partial charge in [0.2, 0.25) is 0 Å². The highest BCUT2D eigenvalue weighted by molar-refractivity contribution is 7.25. The Morgan fingerprint density at radius 2 is 2.05 bits per heavy atom. The van der Waals surface area contributed by atoms with E-state index in [0.29, 0.717) is 5.88 Å². The van der Waals surface area contributed by atoms with E-state index in [2.05, 4.69) is 10.2 Å². The van der Waals surface area contributed by atoms with Gasteiger partial charge in [0, 0.05) is 17.0 Å². The minimum absolute atomic E-state index is 0.207. The molecule has 98 valence electrons. The van der Waals surface area contributed by atoms with Gasteiger partial charge in [-0.2, -0.15) is 0 Å². The monoisotopic (exact) mass is 312 g/mol. The lowest BCUT2D eigenvalue weighted by molar-refractivity contribution is 0.630. The van der Waals surface area contributed by atoms with Crippen LogP contribution >= 0.6 is 34.3 Å². The molecule has 0 saturated heterocycles. The summed E-state index contributed by atoms with van der Waals surface area (Å²) in [6, 6.07) is 6.86.